The Morgan fingerprint density at radius 3 is 2.72 bits per heavy atom. The van der Waals surface area contributed by atoms with E-state index in [2.05, 4.69) is 20.3 Å². The summed E-state index contributed by atoms with van der Waals surface area (Å²) in [6, 6.07) is 5.26. The molecule has 0 saturated carbocycles. The number of unbranched alkanes of at least 4 members (excludes halogenated alkanes) is 4. The molecule has 0 aliphatic heterocycles. The van der Waals surface area contributed by atoms with Crippen molar-refractivity contribution in [2.24, 2.45) is 0 Å². The Hall–Kier alpha value is -1.05. The Morgan fingerprint density at radius 2 is 2.11 bits per heavy atom. The molecule has 1 atom stereocenters. The SMILES string of the molecule is CCCC[CH]CCC(C)c1ccc(OC)c(F)c1. The van der Waals surface area contributed by atoms with Gasteiger partial charge >= 0.3 is 0 Å². The first-order valence-corrected chi connectivity index (χ1v) is 6.84. The first-order chi connectivity index (χ1) is 8.69. The molecule has 1 nitrogen and oxygen atoms in total. The summed E-state index contributed by atoms with van der Waals surface area (Å²) in [5, 5.41) is 0. The van der Waals surface area contributed by atoms with Crippen molar-refractivity contribution in [2.45, 2.75) is 51.9 Å². The average molecular weight is 251 g/mol. The third kappa shape index (κ3) is 4.67. The molecule has 0 heterocycles. The van der Waals surface area contributed by atoms with Gasteiger partial charge in [0.15, 0.2) is 11.6 Å². The molecule has 1 rings (SSSR count). The van der Waals surface area contributed by atoms with Gasteiger partial charge in [0.25, 0.3) is 0 Å². The second-order valence-electron chi connectivity index (χ2n) is 4.80. The quantitative estimate of drug-likeness (QED) is 0.583. The third-order valence-electron chi connectivity index (χ3n) is 3.31. The zero-order valence-corrected chi connectivity index (χ0v) is 11.7. The molecular weight excluding hydrogens is 227 g/mol. The molecule has 2 heteroatoms. The molecule has 0 spiro atoms. The summed E-state index contributed by atoms with van der Waals surface area (Å²) < 4.78 is 18.5. The van der Waals surface area contributed by atoms with Crippen LogP contribution in [0.2, 0.25) is 0 Å². The van der Waals surface area contributed by atoms with Crippen molar-refractivity contribution in [3.8, 4) is 5.75 Å². The first kappa shape index (κ1) is 15.0. The Labute approximate surface area is 110 Å². The molecule has 0 bridgehead atoms. The molecule has 18 heavy (non-hydrogen) atoms. The maximum Gasteiger partial charge on any atom is 0.165 e. The van der Waals surface area contributed by atoms with Gasteiger partial charge in [-0.05, 0) is 42.9 Å². The van der Waals surface area contributed by atoms with E-state index in [4.69, 9.17) is 4.74 Å². The number of hydrogen-bond acceptors (Lipinski definition) is 1. The second kappa shape index (κ2) is 8.12. The number of hydrogen-bond donors (Lipinski definition) is 0. The van der Waals surface area contributed by atoms with Crippen LogP contribution in [0.25, 0.3) is 0 Å². The molecule has 0 saturated heterocycles. The van der Waals surface area contributed by atoms with Gasteiger partial charge in [-0.3, -0.25) is 0 Å². The van der Waals surface area contributed by atoms with E-state index in [-0.39, 0.29) is 5.82 Å². The van der Waals surface area contributed by atoms with Gasteiger partial charge in [-0.15, -0.1) is 0 Å². The average Bonchev–Trinajstić information content (AvgIpc) is 2.38. The van der Waals surface area contributed by atoms with E-state index in [0.717, 1.165) is 18.4 Å². The highest BCUT2D eigenvalue weighted by molar-refractivity contribution is 5.31. The lowest BCUT2D eigenvalue weighted by Gasteiger charge is -2.12. The lowest BCUT2D eigenvalue weighted by Crippen LogP contribution is -1.96. The minimum Gasteiger partial charge on any atom is -0.494 e. The molecular formula is C16H24FO. The highest BCUT2D eigenvalue weighted by Crippen LogP contribution is 2.26. The summed E-state index contributed by atoms with van der Waals surface area (Å²) in [6.45, 7) is 4.35. The number of benzene rings is 1. The van der Waals surface area contributed by atoms with Crippen LogP contribution < -0.4 is 4.74 Å². The van der Waals surface area contributed by atoms with Crippen LogP contribution in [-0.4, -0.2) is 7.11 Å². The fourth-order valence-electron chi connectivity index (χ4n) is 2.02. The summed E-state index contributed by atoms with van der Waals surface area (Å²) in [7, 11) is 1.49. The van der Waals surface area contributed by atoms with Gasteiger partial charge in [0, 0.05) is 0 Å². The monoisotopic (exact) mass is 251 g/mol. The van der Waals surface area contributed by atoms with Crippen molar-refractivity contribution in [1.29, 1.82) is 0 Å². The van der Waals surface area contributed by atoms with Crippen LogP contribution in [0.3, 0.4) is 0 Å². The van der Waals surface area contributed by atoms with E-state index in [1.54, 1.807) is 12.1 Å². The Bertz CT molecular complexity index is 349. The zero-order chi connectivity index (χ0) is 13.4. The van der Waals surface area contributed by atoms with Crippen molar-refractivity contribution < 1.29 is 9.13 Å². The van der Waals surface area contributed by atoms with Crippen molar-refractivity contribution in [3.63, 3.8) is 0 Å². The van der Waals surface area contributed by atoms with Crippen LogP contribution in [0.15, 0.2) is 18.2 Å². The van der Waals surface area contributed by atoms with Gasteiger partial charge in [0.1, 0.15) is 0 Å². The predicted molar refractivity (Wildman–Crippen MR) is 74.4 cm³/mol. The molecule has 101 valence electrons. The van der Waals surface area contributed by atoms with Crippen LogP contribution in [-0.2, 0) is 0 Å². The summed E-state index contributed by atoms with van der Waals surface area (Å²) in [5.74, 6) is 0.445. The van der Waals surface area contributed by atoms with Crippen molar-refractivity contribution in [3.05, 3.63) is 36.0 Å². The molecule has 0 aliphatic rings. The molecule has 0 fully saturated rings. The molecule has 0 N–H and O–H groups in total. The van der Waals surface area contributed by atoms with Crippen molar-refractivity contribution in [1.82, 2.24) is 0 Å². The number of rotatable bonds is 8. The van der Waals surface area contributed by atoms with E-state index in [0.29, 0.717) is 11.7 Å². The molecule has 0 aliphatic carbocycles. The second-order valence-corrected chi connectivity index (χ2v) is 4.80. The summed E-state index contributed by atoms with van der Waals surface area (Å²) in [4.78, 5) is 0. The molecule has 1 aromatic rings. The van der Waals surface area contributed by atoms with Crippen LogP contribution in [0.4, 0.5) is 4.39 Å². The minimum atomic E-state index is -0.267. The van der Waals surface area contributed by atoms with Gasteiger partial charge in [0.2, 0.25) is 0 Å². The number of ether oxygens (including phenoxy) is 1. The van der Waals surface area contributed by atoms with Crippen LogP contribution in [0.1, 0.15) is 57.4 Å². The standard InChI is InChI=1S/C16H24FO/c1-4-5-6-7-8-9-13(2)14-10-11-16(18-3)15(17)12-14/h7,10-13H,4-6,8-9H2,1-3H3. The van der Waals surface area contributed by atoms with Gasteiger partial charge in [0.05, 0.1) is 7.11 Å². The van der Waals surface area contributed by atoms with Crippen LogP contribution >= 0.6 is 0 Å². The Morgan fingerprint density at radius 1 is 1.33 bits per heavy atom. The van der Waals surface area contributed by atoms with Gasteiger partial charge in [-0.2, -0.15) is 0 Å². The molecule has 1 aromatic carbocycles. The fourth-order valence-corrected chi connectivity index (χ4v) is 2.02. The lowest BCUT2D eigenvalue weighted by atomic mass is 9.94. The maximum absolute atomic E-state index is 13.6. The molecule has 0 aromatic heterocycles. The molecule has 0 amide bonds. The normalized spacial score (nSPS) is 12.4. The van der Waals surface area contributed by atoms with E-state index in [1.165, 1.54) is 26.4 Å². The van der Waals surface area contributed by atoms with Crippen molar-refractivity contribution >= 4 is 0 Å². The topological polar surface area (TPSA) is 9.23 Å². The van der Waals surface area contributed by atoms with Gasteiger partial charge < -0.3 is 4.74 Å². The first-order valence-electron chi connectivity index (χ1n) is 6.84. The smallest absolute Gasteiger partial charge is 0.165 e. The van der Waals surface area contributed by atoms with Crippen LogP contribution in [0, 0.1) is 12.2 Å². The van der Waals surface area contributed by atoms with E-state index < -0.39 is 0 Å². The number of halogens is 1. The lowest BCUT2D eigenvalue weighted by molar-refractivity contribution is 0.386. The Balaban J connectivity index is 2.41. The summed E-state index contributed by atoms with van der Waals surface area (Å²) >= 11 is 0. The van der Waals surface area contributed by atoms with E-state index in [1.807, 2.05) is 6.07 Å². The molecule has 1 radical (unpaired) electrons. The number of methoxy groups -OCH3 is 1. The van der Waals surface area contributed by atoms with Crippen molar-refractivity contribution in [2.75, 3.05) is 7.11 Å². The summed E-state index contributed by atoms with van der Waals surface area (Å²) in [6.07, 6.45) is 8.24. The summed E-state index contributed by atoms with van der Waals surface area (Å²) in [5.41, 5.74) is 1.05. The highest BCUT2D eigenvalue weighted by Gasteiger charge is 2.09. The minimum absolute atomic E-state index is 0.267. The predicted octanol–water partition coefficient (Wildman–Crippen LogP) is 5.11. The maximum atomic E-state index is 13.6. The molecule has 1 unspecified atom stereocenters. The van der Waals surface area contributed by atoms with Gasteiger partial charge in [-0.25, -0.2) is 4.39 Å². The van der Waals surface area contributed by atoms with E-state index >= 15 is 0 Å². The Kier molecular flexibility index (Phi) is 6.77. The van der Waals surface area contributed by atoms with Crippen LogP contribution in [0.5, 0.6) is 5.75 Å². The largest absolute Gasteiger partial charge is 0.494 e. The van der Waals surface area contributed by atoms with Gasteiger partial charge in [-0.1, -0.05) is 39.2 Å². The zero-order valence-electron chi connectivity index (χ0n) is 11.7. The van der Waals surface area contributed by atoms with E-state index in [9.17, 15) is 4.39 Å². The highest BCUT2D eigenvalue weighted by atomic mass is 19.1. The fraction of sp³-hybridized carbons (Fsp3) is 0.562. The third-order valence-corrected chi connectivity index (χ3v) is 3.31.